The summed E-state index contributed by atoms with van der Waals surface area (Å²) in [4.78, 5) is 17.0. The fourth-order valence-corrected chi connectivity index (χ4v) is 3.31. The smallest absolute Gasteiger partial charge is 0.248 e. The van der Waals surface area contributed by atoms with E-state index in [0.717, 1.165) is 24.2 Å². The Bertz CT molecular complexity index is 868. The summed E-state index contributed by atoms with van der Waals surface area (Å²) in [5.41, 5.74) is 1.02. The number of aromatic amines is 1. The minimum atomic E-state index is -0.127. The number of rotatable bonds is 6. The van der Waals surface area contributed by atoms with E-state index in [-0.39, 0.29) is 18.4 Å². The van der Waals surface area contributed by atoms with Crippen molar-refractivity contribution in [3.8, 4) is 0 Å². The lowest BCUT2D eigenvalue weighted by Crippen LogP contribution is -2.20. The molecular formula is C19H20ClN5O. The van der Waals surface area contributed by atoms with Crippen LogP contribution in [-0.4, -0.2) is 25.7 Å². The number of hydrogen-bond acceptors (Lipinski definition) is 3. The van der Waals surface area contributed by atoms with Crippen LogP contribution in [0.2, 0.25) is 5.02 Å². The van der Waals surface area contributed by atoms with E-state index in [1.54, 1.807) is 0 Å². The maximum Gasteiger partial charge on any atom is 0.248 e. The second kappa shape index (κ2) is 7.33. The molecule has 0 saturated heterocycles. The summed E-state index contributed by atoms with van der Waals surface area (Å²) in [5.74, 6) is 1.54. The molecule has 2 heterocycles. The number of halogens is 1. The van der Waals surface area contributed by atoms with E-state index in [4.69, 9.17) is 11.6 Å². The van der Waals surface area contributed by atoms with E-state index in [2.05, 4.69) is 20.5 Å². The predicted molar refractivity (Wildman–Crippen MR) is 100 cm³/mol. The normalized spacial score (nSPS) is 15.4. The molecule has 2 aromatic heterocycles. The summed E-state index contributed by atoms with van der Waals surface area (Å²) in [5, 5.41) is 10.5. The Labute approximate surface area is 156 Å². The van der Waals surface area contributed by atoms with Crippen LogP contribution in [0, 0.1) is 0 Å². The van der Waals surface area contributed by atoms with Gasteiger partial charge in [0, 0.05) is 23.3 Å². The van der Waals surface area contributed by atoms with Gasteiger partial charge in [0.15, 0.2) is 0 Å². The lowest BCUT2D eigenvalue weighted by Gasteiger charge is -2.22. The maximum absolute atomic E-state index is 12.6. The number of hydrogen-bond donors (Lipinski definition) is 2. The number of aromatic nitrogens is 4. The van der Waals surface area contributed by atoms with Gasteiger partial charge in [-0.3, -0.25) is 15.2 Å². The topological polar surface area (TPSA) is 75.6 Å². The Morgan fingerprint density at radius 2 is 2.00 bits per heavy atom. The maximum atomic E-state index is 12.6. The highest BCUT2D eigenvalue weighted by molar-refractivity contribution is 6.30. The van der Waals surface area contributed by atoms with E-state index >= 15 is 0 Å². The number of benzene rings is 1. The molecule has 1 atom stereocenters. The number of amides is 1. The molecule has 7 heteroatoms. The van der Waals surface area contributed by atoms with Gasteiger partial charge in [-0.05, 0) is 42.7 Å². The third-order valence-corrected chi connectivity index (χ3v) is 5.12. The zero-order chi connectivity index (χ0) is 17.9. The van der Waals surface area contributed by atoms with Crippen molar-refractivity contribution in [3.05, 3.63) is 65.2 Å². The fraction of sp³-hybridized carbons (Fsp3) is 0.316. The molecule has 2 N–H and O–H groups in total. The number of nitrogens with one attached hydrogen (secondary N) is 2. The van der Waals surface area contributed by atoms with Crippen molar-refractivity contribution in [1.29, 1.82) is 0 Å². The van der Waals surface area contributed by atoms with Crippen LogP contribution in [-0.2, 0) is 4.79 Å². The monoisotopic (exact) mass is 369 g/mol. The summed E-state index contributed by atoms with van der Waals surface area (Å²) in [6.45, 7) is 0. The highest BCUT2D eigenvalue weighted by Crippen LogP contribution is 2.34. The van der Waals surface area contributed by atoms with E-state index in [9.17, 15) is 4.79 Å². The Morgan fingerprint density at radius 3 is 2.65 bits per heavy atom. The first-order chi connectivity index (χ1) is 12.7. The molecule has 1 saturated carbocycles. The molecule has 1 aliphatic carbocycles. The number of carbonyl (C=O) groups excluding carboxylic acids is 1. The number of nitrogens with zero attached hydrogens (tertiary/aromatic N) is 3. The quantitative estimate of drug-likeness (QED) is 0.685. The Morgan fingerprint density at radius 1 is 1.27 bits per heavy atom. The minimum Gasteiger partial charge on any atom is -0.346 e. The first kappa shape index (κ1) is 16.8. The van der Waals surface area contributed by atoms with E-state index in [1.807, 2.05) is 53.4 Å². The molecule has 1 aliphatic rings. The van der Waals surface area contributed by atoms with Crippen molar-refractivity contribution >= 4 is 23.5 Å². The summed E-state index contributed by atoms with van der Waals surface area (Å²) in [7, 11) is 0. The molecule has 0 aliphatic heterocycles. The predicted octanol–water partition coefficient (Wildman–Crippen LogP) is 4.15. The van der Waals surface area contributed by atoms with Crippen LogP contribution in [0.1, 0.15) is 49.0 Å². The Balaban J connectivity index is 1.47. The van der Waals surface area contributed by atoms with Gasteiger partial charge >= 0.3 is 0 Å². The molecule has 6 nitrogen and oxygen atoms in total. The van der Waals surface area contributed by atoms with Gasteiger partial charge in [-0.25, -0.2) is 0 Å². The Kier molecular flexibility index (Phi) is 4.75. The molecular weight excluding hydrogens is 350 g/mol. The molecule has 1 amide bonds. The molecule has 3 aromatic rings. The van der Waals surface area contributed by atoms with E-state index < -0.39 is 0 Å². The molecule has 0 bridgehead atoms. The van der Waals surface area contributed by atoms with Crippen LogP contribution < -0.4 is 5.32 Å². The third-order valence-electron chi connectivity index (χ3n) is 4.87. The lowest BCUT2D eigenvalue weighted by atomic mass is 9.85. The van der Waals surface area contributed by atoms with Gasteiger partial charge in [0.2, 0.25) is 11.9 Å². The molecule has 1 aromatic carbocycles. The SMILES string of the molecule is O=C(C[C@@H](c1ccc(Cl)cc1)n1cccc1)Nc1n[nH]c(C2CCC2)n1. The van der Waals surface area contributed by atoms with Gasteiger partial charge in [-0.15, -0.1) is 5.10 Å². The van der Waals surface area contributed by atoms with Crippen molar-refractivity contribution < 1.29 is 4.79 Å². The summed E-state index contributed by atoms with van der Waals surface area (Å²) in [6.07, 6.45) is 7.68. The average molecular weight is 370 g/mol. The summed E-state index contributed by atoms with van der Waals surface area (Å²) < 4.78 is 2.01. The van der Waals surface area contributed by atoms with Gasteiger partial charge in [0.05, 0.1) is 12.5 Å². The summed E-state index contributed by atoms with van der Waals surface area (Å²) in [6, 6.07) is 11.3. The zero-order valence-electron chi connectivity index (χ0n) is 14.2. The first-order valence-electron chi connectivity index (χ1n) is 8.79. The van der Waals surface area contributed by atoms with Gasteiger partial charge < -0.3 is 4.57 Å². The van der Waals surface area contributed by atoms with Gasteiger partial charge in [0.25, 0.3) is 0 Å². The van der Waals surface area contributed by atoms with Crippen LogP contribution >= 0.6 is 11.6 Å². The molecule has 4 rings (SSSR count). The molecule has 0 unspecified atom stereocenters. The number of carbonyl (C=O) groups is 1. The molecule has 26 heavy (non-hydrogen) atoms. The van der Waals surface area contributed by atoms with Crippen molar-refractivity contribution in [1.82, 2.24) is 19.7 Å². The van der Waals surface area contributed by atoms with Crippen molar-refractivity contribution in [2.45, 2.75) is 37.6 Å². The molecule has 0 radical (unpaired) electrons. The Hall–Kier alpha value is -2.60. The minimum absolute atomic E-state index is 0.118. The standard InChI is InChI=1S/C19H20ClN5O/c20-15-8-6-13(7-9-15)16(25-10-1-2-11-25)12-17(26)21-19-22-18(23-24-19)14-4-3-5-14/h1-2,6-11,14,16H,3-5,12H2,(H2,21,22,23,24,26)/t16-/m0/s1. The largest absolute Gasteiger partial charge is 0.346 e. The van der Waals surface area contributed by atoms with Gasteiger partial charge in [0.1, 0.15) is 5.82 Å². The molecule has 0 spiro atoms. The van der Waals surface area contributed by atoms with Gasteiger partial charge in [-0.1, -0.05) is 30.2 Å². The molecule has 1 fully saturated rings. The lowest BCUT2D eigenvalue weighted by molar-refractivity contribution is -0.116. The van der Waals surface area contributed by atoms with Crippen LogP contribution in [0.3, 0.4) is 0 Å². The number of anilines is 1. The average Bonchev–Trinajstić information content (AvgIpc) is 3.24. The highest BCUT2D eigenvalue weighted by Gasteiger charge is 2.24. The number of H-pyrrole nitrogens is 1. The van der Waals surface area contributed by atoms with Crippen LogP contribution in [0.4, 0.5) is 5.95 Å². The second-order valence-electron chi connectivity index (χ2n) is 6.62. The second-order valence-corrected chi connectivity index (χ2v) is 7.06. The van der Waals surface area contributed by atoms with E-state index in [1.165, 1.54) is 6.42 Å². The van der Waals surface area contributed by atoms with Crippen molar-refractivity contribution in [2.75, 3.05) is 5.32 Å². The van der Waals surface area contributed by atoms with Crippen molar-refractivity contribution in [2.24, 2.45) is 0 Å². The first-order valence-corrected chi connectivity index (χ1v) is 9.17. The zero-order valence-corrected chi connectivity index (χ0v) is 15.0. The van der Waals surface area contributed by atoms with Gasteiger partial charge in [-0.2, -0.15) is 4.98 Å². The van der Waals surface area contributed by atoms with Crippen LogP contribution in [0.25, 0.3) is 0 Å². The van der Waals surface area contributed by atoms with Crippen molar-refractivity contribution in [3.63, 3.8) is 0 Å². The van der Waals surface area contributed by atoms with Crippen LogP contribution in [0.15, 0.2) is 48.8 Å². The third kappa shape index (κ3) is 3.65. The summed E-state index contributed by atoms with van der Waals surface area (Å²) >= 11 is 5.99. The van der Waals surface area contributed by atoms with Crippen LogP contribution in [0.5, 0.6) is 0 Å². The molecule has 134 valence electrons. The fourth-order valence-electron chi connectivity index (χ4n) is 3.18. The van der Waals surface area contributed by atoms with E-state index in [0.29, 0.717) is 16.9 Å². The highest BCUT2D eigenvalue weighted by atomic mass is 35.5.